The molecule has 2 heterocycles. The van der Waals surface area contributed by atoms with E-state index in [2.05, 4.69) is 15.4 Å². The fraction of sp³-hybridized carbons (Fsp3) is 0.429. The molecule has 6 rings (SSSR count). The van der Waals surface area contributed by atoms with Crippen LogP contribution in [0.25, 0.3) is 22.2 Å². The topological polar surface area (TPSA) is 104 Å². The third-order valence-corrected chi connectivity index (χ3v) is 10.3. The van der Waals surface area contributed by atoms with Gasteiger partial charge in [0.05, 0.1) is 34.7 Å². The van der Waals surface area contributed by atoms with Crippen LogP contribution in [-0.4, -0.2) is 54.8 Å². The molecular weight excluding hydrogens is 488 g/mol. The molecule has 0 bridgehead atoms. The van der Waals surface area contributed by atoms with Gasteiger partial charge in [-0.05, 0) is 68.9 Å². The minimum absolute atomic E-state index is 0.0207. The second-order valence-corrected chi connectivity index (χ2v) is 12.8. The maximum absolute atomic E-state index is 13.2. The summed E-state index contributed by atoms with van der Waals surface area (Å²) in [6.07, 6.45) is 4.49. The molecule has 9 heteroatoms. The minimum atomic E-state index is -3.44. The number of nitrogens with zero attached hydrogens (tertiary/aromatic N) is 3. The van der Waals surface area contributed by atoms with Crippen molar-refractivity contribution in [3.63, 3.8) is 0 Å². The molecule has 0 unspecified atom stereocenters. The standard InChI is InChI=1S/C28H30N4O4S/c1-28(11-12-28)37(34,35)30-21-8-5-19(6-9-21)26-24(18-29)23-10-7-20(27(33)31-13-15-36-16-14-31)17-25(23)32(26)22-3-2-4-22/h5-10,17,22,30H,2-4,11-16H2,1H3. The number of carbonyl (C=O) groups is 1. The number of morpholine rings is 1. The molecule has 1 aliphatic heterocycles. The quantitative estimate of drug-likeness (QED) is 0.511. The number of nitriles is 1. The molecule has 3 fully saturated rings. The Labute approximate surface area is 216 Å². The van der Waals surface area contributed by atoms with Gasteiger partial charge in [-0.2, -0.15) is 5.26 Å². The average molecular weight is 519 g/mol. The van der Waals surface area contributed by atoms with Crippen LogP contribution in [0.1, 0.15) is 61.0 Å². The Hall–Kier alpha value is -3.35. The summed E-state index contributed by atoms with van der Waals surface area (Å²) in [6, 6.07) is 15.5. The molecule has 2 aromatic carbocycles. The van der Waals surface area contributed by atoms with Crippen molar-refractivity contribution in [3.05, 3.63) is 53.6 Å². The maximum Gasteiger partial charge on any atom is 0.254 e. The van der Waals surface area contributed by atoms with Crippen LogP contribution in [0.2, 0.25) is 0 Å². The number of ether oxygens (including phenoxy) is 1. The van der Waals surface area contributed by atoms with Gasteiger partial charge in [-0.25, -0.2) is 8.42 Å². The van der Waals surface area contributed by atoms with Crippen LogP contribution in [0.5, 0.6) is 0 Å². The van der Waals surface area contributed by atoms with Crippen LogP contribution in [0, 0.1) is 11.3 Å². The van der Waals surface area contributed by atoms with Gasteiger partial charge in [0.2, 0.25) is 10.0 Å². The van der Waals surface area contributed by atoms with Crippen LogP contribution >= 0.6 is 0 Å². The summed E-state index contributed by atoms with van der Waals surface area (Å²) in [5.41, 5.74) is 4.26. The number of benzene rings is 2. The molecule has 0 atom stereocenters. The zero-order valence-corrected chi connectivity index (χ0v) is 21.7. The summed E-state index contributed by atoms with van der Waals surface area (Å²) in [5.74, 6) is -0.0207. The third kappa shape index (κ3) is 4.09. The summed E-state index contributed by atoms with van der Waals surface area (Å²) in [5, 5.41) is 11.0. The summed E-state index contributed by atoms with van der Waals surface area (Å²) in [6.45, 7) is 3.99. The number of amides is 1. The second-order valence-electron chi connectivity index (χ2n) is 10.6. The number of fused-ring (bicyclic) bond motifs is 1. The highest BCUT2D eigenvalue weighted by Gasteiger charge is 2.50. The van der Waals surface area contributed by atoms with Gasteiger partial charge in [-0.15, -0.1) is 0 Å². The fourth-order valence-electron chi connectivity index (χ4n) is 5.23. The molecule has 2 saturated carbocycles. The Bertz CT molecular complexity index is 1520. The van der Waals surface area contributed by atoms with Crippen molar-refractivity contribution in [1.82, 2.24) is 9.47 Å². The van der Waals surface area contributed by atoms with E-state index in [1.807, 2.05) is 35.2 Å². The minimum Gasteiger partial charge on any atom is -0.378 e. The monoisotopic (exact) mass is 518 g/mol. The largest absolute Gasteiger partial charge is 0.378 e. The van der Waals surface area contributed by atoms with E-state index in [9.17, 15) is 18.5 Å². The number of anilines is 1. The lowest BCUT2D eigenvalue weighted by molar-refractivity contribution is 0.0303. The molecule has 0 radical (unpaired) electrons. The van der Waals surface area contributed by atoms with E-state index in [-0.39, 0.29) is 11.9 Å². The predicted octanol–water partition coefficient (Wildman–Crippen LogP) is 4.67. The molecule has 192 valence electrons. The van der Waals surface area contributed by atoms with E-state index in [0.717, 1.165) is 41.4 Å². The van der Waals surface area contributed by atoms with Crippen molar-refractivity contribution in [2.75, 3.05) is 31.0 Å². The first-order valence-electron chi connectivity index (χ1n) is 12.9. The first-order valence-corrected chi connectivity index (χ1v) is 14.4. The van der Waals surface area contributed by atoms with Crippen LogP contribution in [0.4, 0.5) is 5.69 Å². The Morgan fingerprint density at radius 3 is 2.41 bits per heavy atom. The van der Waals surface area contributed by atoms with Gasteiger partial charge >= 0.3 is 0 Å². The highest BCUT2D eigenvalue weighted by atomic mass is 32.2. The van der Waals surface area contributed by atoms with Gasteiger partial charge < -0.3 is 14.2 Å². The van der Waals surface area contributed by atoms with Crippen molar-refractivity contribution in [3.8, 4) is 17.3 Å². The lowest BCUT2D eigenvalue weighted by Crippen LogP contribution is -2.40. The van der Waals surface area contributed by atoms with E-state index in [1.54, 1.807) is 19.1 Å². The van der Waals surface area contributed by atoms with Gasteiger partial charge in [0.15, 0.2) is 0 Å². The van der Waals surface area contributed by atoms with Crippen molar-refractivity contribution in [2.45, 2.75) is 49.8 Å². The highest BCUT2D eigenvalue weighted by Crippen LogP contribution is 2.45. The zero-order valence-electron chi connectivity index (χ0n) is 20.9. The number of aromatic nitrogens is 1. The smallest absolute Gasteiger partial charge is 0.254 e. The molecule has 2 aliphatic carbocycles. The lowest BCUT2D eigenvalue weighted by Gasteiger charge is -2.30. The lowest BCUT2D eigenvalue weighted by atomic mass is 9.92. The molecule has 1 N–H and O–H groups in total. The maximum atomic E-state index is 13.2. The highest BCUT2D eigenvalue weighted by molar-refractivity contribution is 7.94. The third-order valence-electron chi connectivity index (χ3n) is 8.11. The molecule has 37 heavy (non-hydrogen) atoms. The number of carbonyl (C=O) groups excluding carboxylic acids is 1. The first kappa shape index (κ1) is 24.0. The Balaban J connectivity index is 1.41. The van der Waals surface area contributed by atoms with E-state index in [1.165, 1.54) is 0 Å². The van der Waals surface area contributed by atoms with E-state index in [4.69, 9.17) is 4.74 Å². The summed E-state index contributed by atoms with van der Waals surface area (Å²) >= 11 is 0. The second kappa shape index (κ2) is 8.89. The van der Waals surface area contributed by atoms with Gasteiger partial charge in [0, 0.05) is 35.8 Å². The van der Waals surface area contributed by atoms with Crippen molar-refractivity contribution < 1.29 is 17.9 Å². The molecule has 1 amide bonds. The van der Waals surface area contributed by atoms with Gasteiger partial charge in [0.25, 0.3) is 5.91 Å². The molecule has 3 aliphatic rings. The number of hydrogen-bond donors (Lipinski definition) is 1. The van der Waals surface area contributed by atoms with E-state index in [0.29, 0.717) is 56.0 Å². The predicted molar refractivity (Wildman–Crippen MR) is 142 cm³/mol. The fourth-order valence-corrected chi connectivity index (χ4v) is 6.57. The number of sulfonamides is 1. The van der Waals surface area contributed by atoms with Gasteiger partial charge in [-0.3, -0.25) is 9.52 Å². The molecule has 8 nitrogen and oxygen atoms in total. The summed E-state index contributed by atoms with van der Waals surface area (Å²) in [4.78, 5) is 15.0. The normalized spacial score (nSPS) is 19.3. The number of rotatable bonds is 6. The zero-order chi connectivity index (χ0) is 25.8. The number of hydrogen-bond acceptors (Lipinski definition) is 5. The molecule has 0 spiro atoms. The van der Waals surface area contributed by atoms with Crippen LogP contribution in [0.15, 0.2) is 42.5 Å². The Kier molecular flexibility index (Phi) is 5.77. The van der Waals surface area contributed by atoms with E-state index < -0.39 is 14.8 Å². The molecular formula is C28H30N4O4S. The summed E-state index contributed by atoms with van der Waals surface area (Å²) in [7, 11) is -3.44. The Morgan fingerprint density at radius 1 is 1.11 bits per heavy atom. The summed E-state index contributed by atoms with van der Waals surface area (Å²) < 4.78 is 34.9. The van der Waals surface area contributed by atoms with E-state index >= 15 is 0 Å². The van der Waals surface area contributed by atoms with Crippen molar-refractivity contribution >= 4 is 32.5 Å². The van der Waals surface area contributed by atoms with Crippen LogP contribution in [-0.2, 0) is 14.8 Å². The van der Waals surface area contributed by atoms with Crippen molar-refractivity contribution in [2.24, 2.45) is 0 Å². The molecule has 1 saturated heterocycles. The average Bonchev–Trinajstić information content (AvgIpc) is 3.57. The van der Waals surface area contributed by atoms with Crippen LogP contribution < -0.4 is 4.72 Å². The van der Waals surface area contributed by atoms with Crippen LogP contribution in [0.3, 0.4) is 0 Å². The van der Waals surface area contributed by atoms with Gasteiger partial charge in [-0.1, -0.05) is 18.2 Å². The van der Waals surface area contributed by atoms with Crippen molar-refractivity contribution in [1.29, 1.82) is 5.26 Å². The molecule has 1 aromatic heterocycles. The number of nitrogens with one attached hydrogen (secondary N) is 1. The molecule has 3 aromatic rings. The first-order chi connectivity index (χ1) is 17.8. The SMILES string of the molecule is CC1(S(=O)(=O)Nc2ccc(-c3c(C#N)c4ccc(C(=O)N5CCOCC5)cc4n3C3CCC3)cc2)CC1. The Morgan fingerprint density at radius 2 is 1.81 bits per heavy atom. The van der Waals surface area contributed by atoms with Gasteiger partial charge in [0.1, 0.15) is 6.07 Å².